The lowest BCUT2D eigenvalue weighted by Crippen LogP contribution is -2.51. The molecule has 1 aliphatic rings. The van der Waals surface area contributed by atoms with E-state index >= 15 is 0 Å². The molecule has 4 nitrogen and oxygen atoms in total. The van der Waals surface area contributed by atoms with Gasteiger partial charge in [0.25, 0.3) is 0 Å². The van der Waals surface area contributed by atoms with Crippen LogP contribution in [0.1, 0.15) is 20.8 Å². The molecule has 104 valence electrons. The Labute approximate surface area is 114 Å². The SMILES string of the molecule is CC(C)(C)C(=O)N1CCN(c2cccc(O)c2)CC1. The number of anilines is 1. The van der Waals surface area contributed by atoms with Gasteiger partial charge < -0.3 is 14.9 Å². The number of amides is 1. The fraction of sp³-hybridized carbons (Fsp3) is 0.533. The maximum Gasteiger partial charge on any atom is 0.228 e. The maximum atomic E-state index is 12.2. The van der Waals surface area contributed by atoms with Crippen LogP contribution in [0.3, 0.4) is 0 Å². The number of phenols is 1. The zero-order valence-electron chi connectivity index (χ0n) is 11.9. The van der Waals surface area contributed by atoms with Gasteiger partial charge in [0.05, 0.1) is 0 Å². The average molecular weight is 262 g/mol. The second-order valence-electron chi connectivity index (χ2n) is 6.05. The zero-order valence-corrected chi connectivity index (χ0v) is 11.9. The molecule has 0 aromatic heterocycles. The van der Waals surface area contributed by atoms with Crippen LogP contribution >= 0.6 is 0 Å². The first-order valence-corrected chi connectivity index (χ1v) is 6.71. The molecule has 1 aromatic rings. The summed E-state index contributed by atoms with van der Waals surface area (Å²) < 4.78 is 0. The van der Waals surface area contributed by atoms with Gasteiger partial charge in [0.15, 0.2) is 0 Å². The Balaban J connectivity index is 1.98. The van der Waals surface area contributed by atoms with Crippen molar-refractivity contribution in [1.82, 2.24) is 4.90 Å². The minimum atomic E-state index is -0.312. The van der Waals surface area contributed by atoms with Crippen LogP contribution in [0.2, 0.25) is 0 Å². The highest BCUT2D eigenvalue weighted by atomic mass is 16.3. The number of carbonyl (C=O) groups excluding carboxylic acids is 1. The van der Waals surface area contributed by atoms with Gasteiger partial charge in [-0.15, -0.1) is 0 Å². The Hall–Kier alpha value is -1.71. The molecule has 0 unspecified atom stereocenters. The minimum Gasteiger partial charge on any atom is -0.508 e. The van der Waals surface area contributed by atoms with Crippen molar-refractivity contribution in [3.63, 3.8) is 0 Å². The van der Waals surface area contributed by atoms with Crippen molar-refractivity contribution in [1.29, 1.82) is 0 Å². The number of piperazine rings is 1. The summed E-state index contributed by atoms with van der Waals surface area (Å²) in [6.45, 7) is 8.97. The number of benzene rings is 1. The van der Waals surface area contributed by atoms with E-state index < -0.39 is 0 Å². The molecular formula is C15H22N2O2. The van der Waals surface area contributed by atoms with Crippen LogP contribution in [0.15, 0.2) is 24.3 Å². The molecule has 0 radical (unpaired) electrons. The van der Waals surface area contributed by atoms with E-state index in [4.69, 9.17) is 0 Å². The summed E-state index contributed by atoms with van der Waals surface area (Å²) in [6.07, 6.45) is 0. The molecule has 1 saturated heterocycles. The summed E-state index contributed by atoms with van der Waals surface area (Å²) in [7, 11) is 0. The molecule has 4 heteroatoms. The number of rotatable bonds is 1. The number of nitrogens with zero attached hydrogens (tertiary/aromatic N) is 2. The van der Waals surface area contributed by atoms with Crippen LogP contribution in [0.5, 0.6) is 5.75 Å². The van der Waals surface area contributed by atoms with Gasteiger partial charge in [-0.3, -0.25) is 4.79 Å². The van der Waals surface area contributed by atoms with Crippen molar-refractivity contribution >= 4 is 11.6 Å². The maximum absolute atomic E-state index is 12.2. The number of carbonyl (C=O) groups is 1. The first-order chi connectivity index (χ1) is 8.88. The molecule has 0 aliphatic carbocycles. The molecule has 1 fully saturated rings. The Morgan fingerprint density at radius 1 is 1.16 bits per heavy atom. The zero-order chi connectivity index (χ0) is 14.0. The molecule has 19 heavy (non-hydrogen) atoms. The summed E-state index contributed by atoms with van der Waals surface area (Å²) in [6, 6.07) is 7.27. The third kappa shape index (κ3) is 3.19. The van der Waals surface area contributed by atoms with Gasteiger partial charge in [0.1, 0.15) is 5.75 Å². The van der Waals surface area contributed by atoms with Crippen LogP contribution in [-0.4, -0.2) is 42.1 Å². The van der Waals surface area contributed by atoms with Crippen molar-refractivity contribution in [2.75, 3.05) is 31.1 Å². The average Bonchev–Trinajstić information content (AvgIpc) is 2.37. The van der Waals surface area contributed by atoms with E-state index in [0.29, 0.717) is 0 Å². The lowest BCUT2D eigenvalue weighted by atomic mass is 9.94. The van der Waals surface area contributed by atoms with Crippen molar-refractivity contribution < 1.29 is 9.90 Å². The molecule has 0 saturated carbocycles. The van der Waals surface area contributed by atoms with Crippen molar-refractivity contribution in [3.05, 3.63) is 24.3 Å². The molecule has 0 spiro atoms. The van der Waals surface area contributed by atoms with Crippen molar-refractivity contribution in [3.8, 4) is 5.75 Å². The van der Waals surface area contributed by atoms with Crippen molar-refractivity contribution in [2.45, 2.75) is 20.8 Å². The Kier molecular flexibility index (Phi) is 3.69. The predicted molar refractivity (Wildman–Crippen MR) is 76.4 cm³/mol. The summed E-state index contributed by atoms with van der Waals surface area (Å²) in [4.78, 5) is 16.3. The van der Waals surface area contributed by atoms with Crippen LogP contribution < -0.4 is 4.90 Å². The first kappa shape index (κ1) is 13.7. The van der Waals surface area contributed by atoms with E-state index in [9.17, 15) is 9.90 Å². The van der Waals surface area contributed by atoms with Gasteiger partial charge >= 0.3 is 0 Å². The van der Waals surface area contributed by atoms with E-state index in [1.807, 2.05) is 37.8 Å². The fourth-order valence-corrected chi connectivity index (χ4v) is 2.33. The monoisotopic (exact) mass is 262 g/mol. The lowest BCUT2D eigenvalue weighted by molar-refractivity contribution is -0.139. The molecule has 0 atom stereocenters. The van der Waals surface area contributed by atoms with Gasteiger partial charge in [-0.2, -0.15) is 0 Å². The molecule has 1 heterocycles. The molecule has 1 aromatic carbocycles. The van der Waals surface area contributed by atoms with Gasteiger partial charge in [-0.05, 0) is 12.1 Å². The van der Waals surface area contributed by atoms with E-state index in [0.717, 1.165) is 31.9 Å². The van der Waals surface area contributed by atoms with E-state index in [2.05, 4.69) is 4.90 Å². The second kappa shape index (κ2) is 5.11. The van der Waals surface area contributed by atoms with Gasteiger partial charge in [-0.25, -0.2) is 0 Å². The summed E-state index contributed by atoms with van der Waals surface area (Å²) in [5.41, 5.74) is 0.704. The quantitative estimate of drug-likeness (QED) is 0.842. The van der Waals surface area contributed by atoms with Gasteiger partial charge in [0.2, 0.25) is 5.91 Å². The topological polar surface area (TPSA) is 43.8 Å². The third-order valence-electron chi connectivity index (χ3n) is 3.40. The van der Waals surface area contributed by atoms with Gasteiger partial charge in [-0.1, -0.05) is 26.8 Å². The summed E-state index contributed by atoms with van der Waals surface area (Å²) in [5, 5.41) is 9.50. The molecule has 0 bridgehead atoms. The molecule has 1 amide bonds. The predicted octanol–water partition coefficient (Wildman–Crippen LogP) is 2.09. The van der Waals surface area contributed by atoms with Crippen LogP contribution in [0, 0.1) is 5.41 Å². The van der Waals surface area contributed by atoms with Crippen LogP contribution in [-0.2, 0) is 4.79 Å². The summed E-state index contributed by atoms with van der Waals surface area (Å²) in [5.74, 6) is 0.494. The molecular weight excluding hydrogens is 240 g/mol. The number of phenolic OH excluding ortho intramolecular Hbond substituents is 1. The fourth-order valence-electron chi connectivity index (χ4n) is 2.33. The standard InChI is InChI=1S/C15H22N2O2/c1-15(2,3)14(19)17-9-7-16(8-10-17)12-5-4-6-13(18)11-12/h4-6,11,18H,7-10H2,1-3H3. The second-order valence-corrected chi connectivity index (χ2v) is 6.05. The highest BCUT2D eigenvalue weighted by Crippen LogP contribution is 2.23. The van der Waals surface area contributed by atoms with E-state index in [-0.39, 0.29) is 17.1 Å². The number of hydrogen-bond acceptors (Lipinski definition) is 3. The van der Waals surface area contributed by atoms with Crippen LogP contribution in [0.4, 0.5) is 5.69 Å². The van der Waals surface area contributed by atoms with E-state index in [1.54, 1.807) is 12.1 Å². The molecule has 1 aliphatic heterocycles. The first-order valence-electron chi connectivity index (χ1n) is 6.71. The number of aromatic hydroxyl groups is 1. The largest absolute Gasteiger partial charge is 0.508 e. The smallest absolute Gasteiger partial charge is 0.228 e. The molecule has 1 N–H and O–H groups in total. The van der Waals surface area contributed by atoms with Crippen molar-refractivity contribution in [2.24, 2.45) is 5.41 Å². The Morgan fingerprint density at radius 3 is 2.32 bits per heavy atom. The van der Waals surface area contributed by atoms with E-state index in [1.165, 1.54) is 0 Å². The highest BCUT2D eigenvalue weighted by Gasteiger charge is 2.29. The molecule has 2 rings (SSSR count). The number of hydrogen-bond donors (Lipinski definition) is 1. The normalized spacial score (nSPS) is 16.6. The third-order valence-corrected chi connectivity index (χ3v) is 3.40. The lowest BCUT2D eigenvalue weighted by Gasteiger charge is -2.38. The minimum absolute atomic E-state index is 0.211. The highest BCUT2D eigenvalue weighted by molar-refractivity contribution is 5.81. The summed E-state index contributed by atoms with van der Waals surface area (Å²) >= 11 is 0. The van der Waals surface area contributed by atoms with Gasteiger partial charge in [0, 0.05) is 43.3 Å². The Morgan fingerprint density at radius 2 is 1.79 bits per heavy atom. The Bertz CT molecular complexity index is 457. The van der Waals surface area contributed by atoms with Crippen LogP contribution in [0.25, 0.3) is 0 Å².